The Hall–Kier alpha value is -0.120. The molecule has 2 fully saturated rings. The first-order valence-electron chi connectivity index (χ1n) is 7.24. The van der Waals surface area contributed by atoms with Gasteiger partial charge < -0.3 is 15.4 Å². The summed E-state index contributed by atoms with van der Waals surface area (Å²) in [6.07, 6.45) is 9.20. The zero-order chi connectivity index (χ0) is 12.1. The van der Waals surface area contributed by atoms with Gasteiger partial charge in [-0.2, -0.15) is 0 Å². The van der Waals surface area contributed by atoms with Crippen molar-refractivity contribution in [3.63, 3.8) is 0 Å². The average molecular weight is 240 g/mol. The zero-order valence-corrected chi connectivity index (χ0v) is 11.3. The molecule has 0 atom stereocenters. The summed E-state index contributed by atoms with van der Waals surface area (Å²) in [7, 11) is 2.28. The number of ether oxygens (including phenoxy) is 1. The van der Waals surface area contributed by atoms with Crippen molar-refractivity contribution in [3.8, 4) is 0 Å². The first kappa shape index (κ1) is 13.3. The lowest BCUT2D eigenvalue weighted by molar-refractivity contribution is 0.0214. The Morgan fingerprint density at radius 2 is 1.82 bits per heavy atom. The molecule has 0 aromatic heterocycles. The molecule has 1 aliphatic heterocycles. The van der Waals surface area contributed by atoms with Crippen LogP contribution in [0.1, 0.15) is 44.9 Å². The summed E-state index contributed by atoms with van der Waals surface area (Å²) in [6, 6.07) is 0.717. The molecule has 1 aliphatic carbocycles. The van der Waals surface area contributed by atoms with Crippen molar-refractivity contribution in [2.75, 3.05) is 33.4 Å². The van der Waals surface area contributed by atoms with Gasteiger partial charge in [-0.1, -0.05) is 19.3 Å². The number of nitrogens with zero attached hydrogens (tertiary/aromatic N) is 1. The van der Waals surface area contributed by atoms with E-state index in [2.05, 4.69) is 11.9 Å². The number of hydrogen-bond acceptors (Lipinski definition) is 3. The van der Waals surface area contributed by atoms with Gasteiger partial charge in [0, 0.05) is 25.8 Å². The predicted molar refractivity (Wildman–Crippen MR) is 71.0 cm³/mol. The summed E-state index contributed by atoms with van der Waals surface area (Å²) in [4.78, 5) is 2.56. The lowest BCUT2D eigenvalue weighted by Crippen LogP contribution is -2.47. The number of nitrogens with two attached hydrogens (primary N) is 1. The molecule has 0 bridgehead atoms. The second-order valence-corrected chi connectivity index (χ2v) is 6.02. The maximum atomic E-state index is 6.06. The quantitative estimate of drug-likeness (QED) is 0.817. The van der Waals surface area contributed by atoms with Gasteiger partial charge in [-0.25, -0.2) is 0 Å². The molecule has 0 aromatic carbocycles. The van der Waals surface area contributed by atoms with Gasteiger partial charge in [-0.3, -0.25) is 0 Å². The summed E-state index contributed by atoms with van der Waals surface area (Å²) >= 11 is 0. The van der Waals surface area contributed by atoms with E-state index in [0.29, 0.717) is 11.5 Å². The minimum absolute atomic E-state index is 0.408. The van der Waals surface area contributed by atoms with Crippen LogP contribution in [-0.2, 0) is 4.74 Å². The molecule has 2 rings (SSSR count). The Morgan fingerprint density at radius 3 is 2.41 bits per heavy atom. The van der Waals surface area contributed by atoms with E-state index in [1.165, 1.54) is 51.5 Å². The minimum Gasteiger partial charge on any atom is -0.381 e. The Balaban J connectivity index is 1.88. The highest BCUT2D eigenvalue weighted by Crippen LogP contribution is 2.36. The van der Waals surface area contributed by atoms with Crippen LogP contribution in [-0.4, -0.2) is 44.3 Å². The summed E-state index contributed by atoms with van der Waals surface area (Å²) in [5, 5.41) is 0. The van der Waals surface area contributed by atoms with E-state index in [1.807, 2.05) is 0 Å². The van der Waals surface area contributed by atoms with E-state index >= 15 is 0 Å². The second kappa shape index (κ2) is 6.17. The molecule has 0 spiro atoms. The van der Waals surface area contributed by atoms with Crippen LogP contribution < -0.4 is 5.73 Å². The van der Waals surface area contributed by atoms with Crippen LogP contribution in [0.5, 0.6) is 0 Å². The van der Waals surface area contributed by atoms with Crippen LogP contribution in [0.25, 0.3) is 0 Å². The molecule has 1 heterocycles. The molecule has 3 heteroatoms. The first-order chi connectivity index (χ1) is 8.26. The topological polar surface area (TPSA) is 38.5 Å². The van der Waals surface area contributed by atoms with Crippen molar-refractivity contribution in [3.05, 3.63) is 0 Å². The summed E-state index contributed by atoms with van der Waals surface area (Å²) < 4.78 is 5.44. The van der Waals surface area contributed by atoms with Crippen molar-refractivity contribution in [2.45, 2.75) is 51.0 Å². The monoisotopic (exact) mass is 240 g/mol. The van der Waals surface area contributed by atoms with E-state index < -0.39 is 0 Å². The van der Waals surface area contributed by atoms with Gasteiger partial charge in [0.15, 0.2) is 0 Å². The molecule has 3 nitrogen and oxygen atoms in total. The smallest absolute Gasteiger partial charge is 0.0480 e. The Kier molecular flexibility index (Phi) is 4.83. The molecular formula is C14H28N2O. The van der Waals surface area contributed by atoms with Crippen LogP contribution in [0.15, 0.2) is 0 Å². The predicted octanol–water partition coefficient (Wildman–Crippen LogP) is 2.01. The van der Waals surface area contributed by atoms with Gasteiger partial charge in [0.2, 0.25) is 0 Å². The van der Waals surface area contributed by atoms with E-state index in [4.69, 9.17) is 10.5 Å². The molecule has 2 aliphatic rings. The van der Waals surface area contributed by atoms with Gasteiger partial charge in [-0.15, -0.1) is 0 Å². The minimum atomic E-state index is 0.408. The lowest BCUT2D eigenvalue weighted by atomic mass is 9.73. The van der Waals surface area contributed by atoms with Crippen molar-refractivity contribution < 1.29 is 4.74 Å². The maximum Gasteiger partial charge on any atom is 0.0480 e. The third-order valence-corrected chi connectivity index (χ3v) is 4.75. The van der Waals surface area contributed by atoms with Crippen molar-refractivity contribution >= 4 is 0 Å². The Morgan fingerprint density at radius 1 is 1.18 bits per heavy atom. The van der Waals surface area contributed by atoms with Gasteiger partial charge in [0.05, 0.1) is 0 Å². The molecule has 0 radical (unpaired) electrons. The number of rotatable bonds is 4. The molecule has 17 heavy (non-hydrogen) atoms. The van der Waals surface area contributed by atoms with E-state index in [9.17, 15) is 0 Å². The fourth-order valence-corrected chi connectivity index (χ4v) is 3.51. The van der Waals surface area contributed by atoms with Crippen molar-refractivity contribution in [1.82, 2.24) is 4.90 Å². The maximum absolute atomic E-state index is 6.06. The highest BCUT2D eigenvalue weighted by Gasteiger charge is 2.33. The third-order valence-electron chi connectivity index (χ3n) is 4.75. The molecule has 1 saturated heterocycles. The fraction of sp³-hybridized carbons (Fsp3) is 1.00. The van der Waals surface area contributed by atoms with Crippen LogP contribution in [0.2, 0.25) is 0 Å². The zero-order valence-electron chi connectivity index (χ0n) is 11.3. The molecule has 100 valence electrons. The van der Waals surface area contributed by atoms with Crippen LogP contribution in [0, 0.1) is 5.41 Å². The van der Waals surface area contributed by atoms with Crippen LogP contribution in [0.4, 0.5) is 0 Å². The summed E-state index contributed by atoms with van der Waals surface area (Å²) in [5.74, 6) is 0. The normalized spacial score (nSPS) is 26.3. The van der Waals surface area contributed by atoms with Crippen molar-refractivity contribution in [1.29, 1.82) is 0 Å². The summed E-state index contributed by atoms with van der Waals surface area (Å²) in [5.41, 5.74) is 6.47. The molecule has 0 aromatic rings. The third kappa shape index (κ3) is 3.43. The first-order valence-corrected chi connectivity index (χ1v) is 7.24. The molecule has 0 unspecified atom stereocenters. The average Bonchev–Trinajstić information content (AvgIpc) is 2.41. The second-order valence-electron chi connectivity index (χ2n) is 6.02. The van der Waals surface area contributed by atoms with Gasteiger partial charge in [0.25, 0.3) is 0 Å². The highest BCUT2D eigenvalue weighted by molar-refractivity contribution is 4.88. The largest absolute Gasteiger partial charge is 0.381 e. The SMILES string of the molecule is CN(CC1(CN)CCCCC1)C1CCOCC1. The fourth-order valence-electron chi connectivity index (χ4n) is 3.51. The van der Waals surface area contributed by atoms with E-state index in [1.54, 1.807) is 0 Å². The van der Waals surface area contributed by atoms with Gasteiger partial charge >= 0.3 is 0 Å². The van der Waals surface area contributed by atoms with E-state index in [-0.39, 0.29) is 0 Å². The lowest BCUT2D eigenvalue weighted by Gasteiger charge is -2.42. The van der Waals surface area contributed by atoms with Crippen LogP contribution in [0.3, 0.4) is 0 Å². The van der Waals surface area contributed by atoms with Crippen molar-refractivity contribution in [2.24, 2.45) is 11.1 Å². The van der Waals surface area contributed by atoms with Gasteiger partial charge in [0.1, 0.15) is 0 Å². The molecule has 2 N–H and O–H groups in total. The van der Waals surface area contributed by atoms with Crippen LogP contribution >= 0.6 is 0 Å². The van der Waals surface area contributed by atoms with Gasteiger partial charge in [-0.05, 0) is 44.7 Å². The number of hydrogen-bond donors (Lipinski definition) is 1. The Bertz CT molecular complexity index is 220. The summed E-state index contributed by atoms with van der Waals surface area (Å²) in [6.45, 7) is 3.92. The molecule has 1 saturated carbocycles. The standard InChI is InChI=1S/C14H28N2O/c1-16(13-5-9-17-10-6-13)12-14(11-15)7-3-2-4-8-14/h13H,2-12,15H2,1H3. The Labute approximate surface area is 106 Å². The molecule has 0 amide bonds. The van der Waals surface area contributed by atoms with E-state index in [0.717, 1.165) is 19.8 Å². The highest BCUT2D eigenvalue weighted by atomic mass is 16.5. The molecular weight excluding hydrogens is 212 g/mol.